The van der Waals surface area contributed by atoms with Gasteiger partial charge in [0, 0.05) is 19.3 Å². The molecule has 0 saturated carbocycles. The van der Waals surface area contributed by atoms with Crippen LogP contribution in [-0.4, -0.2) is 51.9 Å². The Kier molecular flexibility index (Phi) is 4.47. The Hall–Kier alpha value is -2.12. The fraction of sp³-hybridized carbons (Fsp3) is 0.562. The number of carbonyl (C=O) groups excluding carboxylic acids is 2. The third-order valence-corrected chi connectivity index (χ3v) is 4.61. The maximum atomic E-state index is 12.8. The summed E-state index contributed by atoms with van der Waals surface area (Å²) < 4.78 is 38.2. The molecule has 0 radical (unpaired) electrons. The predicted octanol–water partition coefficient (Wildman–Crippen LogP) is 2.30. The van der Waals surface area contributed by atoms with Crippen molar-refractivity contribution in [2.24, 2.45) is 0 Å². The standard InChI is InChI=1S/C16H18F3N3O2/c17-16(18,19)15(24)22-10-4-7-13(22)14(23)21-9-3-6-12(21)11-5-1-2-8-20-11/h1-2,5,8,12-13H,3-4,6-7,9-10H2. The Morgan fingerprint density at radius 3 is 2.46 bits per heavy atom. The van der Waals surface area contributed by atoms with Gasteiger partial charge in [0.25, 0.3) is 0 Å². The summed E-state index contributed by atoms with van der Waals surface area (Å²) in [5, 5.41) is 0. The molecule has 2 saturated heterocycles. The van der Waals surface area contributed by atoms with Crippen molar-refractivity contribution in [1.29, 1.82) is 0 Å². The molecule has 1 aromatic rings. The molecule has 0 aromatic carbocycles. The van der Waals surface area contributed by atoms with Gasteiger partial charge in [0.05, 0.1) is 11.7 Å². The van der Waals surface area contributed by atoms with Crippen molar-refractivity contribution in [3.05, 3.63) is 30.1 Å². The lowest BCUT2D eigenvalue weighted by Gasteiger charge is -2.31. The van der Waals surface area contributed by atoms with Gasteiger partial charge in [0.15, 0.2) is 0 Å². The number of nitrogens with zero attached hydrogens (tertiary/aromatic N) is 3. The molecule has 2 aliphatic rings. The van der Waals surface area contributed by atoms with E-state index < -0.39 is 24.0 Å². The molecule has 0 aliphatic carbocycles. The van der Waals surface area contributed by atoms with Crippen molar-refractivity contribution in [1.82, 2.24) is 14.8 Å². The van der Waals surface area contributed by atoms with E-state index in [2.05, 4.69) is 4.98 Å². The van der Waals surface area contributed by atoms with E-state index in [1.54, 1.807) is 17.2 Å². The smallest absolute Gasteiger partial charge is 0.332 e. The molecule has 2 amide bonds. The van der Waals surface area contributed by atoms with Crippen LogP contribution in [0.5, 0.6) is 0 Å². The number of amides is 2. The Labute approximate surface area is 137 Å². The topological polar surface area (TPSA) is 53.5 Å². The Morgan fingerprint density at radius 2 is 1.79 bits per heavy atom. The second-order valence-electron chi connectivity index (χ2n) is 6.10. The second-order valence-corrected chi connectivity index (χ2v) is 6.10. The SMILES string of the molecule is O=C(C1CCCN1C(=O)C(F)(F)F)N1CCCC1c1ccccn1. The lowest BCUT2D eigenvalue weighted by Crippen LogP contribution is -2.51. The van der Waals surface area contributed by atoms with E-state index in [4.69, 9.17) is 0 Å². The highest BCUT2D eigenvalue weighted by atomic mass is 19.4. The summed E-state index contributed by atoms with van der Waals surface area (Å²) in [6, 6.07) is 4.14. The molecule has 2 aliphatic heterocycles. The van der Waals surface area contributed by atoms with E-state index in [0.717, 1.165) is 18.5 Å². The summed E-state index contributed by atoms with van der Waals surface area (Å²) in [5.74, 6) is -2.33. The van der Waals surface area contributed by atoms with Gasteiger partial charge >= 0.3 is 12.1 Å². The second kappa shape index (κ2) is 6.41. The molecule has 2 atom stereocenters. The van der Waals surface area contributed by atoms with Crippen LogP contribution in [0, 0.1) is 0 Å². The van der Waals surface area contributed by atoms with Gasteiger partial charge < -0.3 is 9.80 Å². The molecule has 0 spiro atoms. The molecule has 0 bridgehead atoms. The van der Waals surface area contributed by atoms with Crippen molar-refractivity contribution in [3.63, 3.8) is 0 Å². The van der Waals surface area contributed by atoms with E-state index in [1.165, 1.54) is 0 Å². The summed E-state index contributed by atoms with van der Waals surface area (Å²) in [7, 11) is 0. The number of carbonyl (C=O) groups is 2. The first kappa shape index (κ1) is 16.7. The number of likely N-dealkylation sites (tertiary alicyclic amines) is 2. The summed E-state index contributed by atoms with van der Waals surface area (Å²) in [4.78, 5) is 30.9. The van der Waals surface area contributed by atoms with Gasteiger partial charge in [-0.15, -0.1) is 0 Å². The number of alkyl halides is 3. The maximum Gasteiger partial charge on any atom is 0.471 e. The van der Waals surface area contributed by atoms with Crippen LogP contribution in [0.1, 0.15) is 37.4 Å². The molecule has 1 aromatic heterocycles. The maximum absolute atomic E-state index is 12.8. The molecular formula is C16H18F3N3O2. The first-order chi connectivity index (χ1) is 11.4. The van der Waals surface area contributed by atoms with Crippen molar-refractivity contribution < 1.29 is 22.8 Å². The summed E-state index contributed by atoms with van der Waals surface area (Å²) in [6.45, 7) is 0.446. The van der Waals surface area contributed by atoms with Gasteiger partial charge in [-0.1, -0.05) is 6.07 Å². The van der Waals surface area contributed by atoms with Crippen LogP contribution >= 0.6 is 0 Å². The summed E-state index contributed by atoms with van der Waals surface area (Å²) in [6.07, 6.45) is -1.15. The van der Waals surface area contributed by atoms with E-state index >= 15 is 0 Å². The van der Waals surface area contributed by atoms with Gasteiger partial charge in [-0.3, -0.25) is 14.6 Å². The van der Waals surface area contributed by atoms with Crippen LogP contribution in [0.2, 0.25) is 0 Å². The van der Waals surface area contributed by atoms with E-state index in [-0.39, 0.29) is 19.0 Å². The highest BCUT2D eigenvalue weighted by Gasteiger charge is 2.49. The Bertz CT molecular complexity index is 621. The van der Waals surface area contributed by atoms with Crippen LogP contribution in [0.25, 0.3) is 0 Å². The average Bonchev–Trinajstić information content (AvgIpc) is 3.22. The van der Waals surface area contributed by atoms with E-state index in [1.807, 2.05) is 12.1 Å². The Balaban J connectivity index is 1.79. The molecule has 0 N–H and O–H groups in total. The number of hydrogen-bond acceptors (Lipinski definition) is 3. The van der Waals surface area contributed by atoms with Crippen molar-refractivity contribution in [3.8, 4) is 0 Å². The highest BCUT2D eigenvalue weighted by Crippen LogP contribution is 2.34. The first-order valence-corrected chi connectivity index (χ1v) is 7.99. The fourth-order valence-electron chi connectivity index (χ4n) is 3.53. The third kappa shape index (κ3) is 3.09. The molecule has 2 fully saturated rings. The Morgan fingerprint density at radius 1 is 1.08 bits per heavy atom. The number of rotatable bonds is 2. The van der Waals surface area contributed by atoms with Gasteiger partial charge in [-0.05, 0) is 37.8 Å². The van der Waals surface area contributed by atoms with Crippen molar-refractivity contribution >= 4 is 11.8 Å². The van der Waals surface area contributed by atoms with Gasteiger partial charge in [0.2, 0.25) is 5.91 Å². The number of halogens is 3. The third-order valence-electron chi connectivity index (χ3n) is 4.61. The quantitative estimate of drug-likeness (QED) is 0.829. The lowest BCUT2D eigenvalue weighted by atomic mass is 10.1. The minimum Gasteiger partial charge on any atom is -0.332 e. The van der Waals surface area contributed by atoms with Crippen LogP contribution in [-0.2, 0) is 9.59 Å². The largest absolute Gasteiger partial charge is 0.471 e. The minimum atomic E-state index is -4.95. The van der Waals surface area contributed by atoms with Gasteiger partial charge in [0.1, 0.15) is 6.04 Å². The number of hydrogen-bond donors (Lipinski definition) is 0. The van der Waals surface area contributed by atoms with Crippen molar-refractivity contribution in [2.75, 3.05) is 13.1 Å². The minimum absolute atomic E-state index is 0.0309. The molecular weight excluding hydrogens is 323 g/mol. The van der Waals surface area contributed by atoms with E-state index in [9.17, 15) is 22.8 Å². The molecule has 3 rings (SSSR count). The zero-order chi connectivity index (χ0) is 17.3. The van der Waals surface area contributed by atoms with Crippen molar-refractivity contribution in [2.45, 2.75) is 43.9 Å². The predicted molar refractivity (Wildman–Crippen MR) is 78.7 cm³/mol. The molecule has 24 heavy (non-hydrogen) atoms. The lowest BCUT2D eigenvalue weighted by molar-refractivity contribution is -0.187. The number of aromatic nitrogens is 1. The van der Waals surface area contributed by atoms with Gasteiger partial charge in [-0.2, -0.15) is 13.2 Å². The first-order valence-electron chi connectivity index (χ1n) is 7.99. The average molecular weight is 341 g/mol. The summed E-state index contributed by atoms with van der Waals surface area (Å²) >= 11 is 0. The van der Waals surface area contributed by atoms with E-state index in [0.29, 0.717) is 17.9 Å². The van der Waals surface area contributed by atoms with Gasteiger partial charge in [-0.25, -0.2) is 0 Å². The summed E-state index contributed by atoms with van der Waals surface area (Å²) in [5.41, 5.74) is 0.732. The van der Waals surface area contributed by atoms with Crippen LogP contribution in [0.4, 0.5) is 13.2 Å². The van der Waals surface area contributed by atoms with Crippen LogP contribution < -0.4 is 0 Å². The number of pyridine rings is 1. The van der Waals surface area contributed by atoms with Crippen LogP contribution in [0.3, 0.4) is 0 Å². The normalized spacial score (nSPS) is 24.5. The van der Waals surface area contributed by atoms with Crippen LogP contribution in [0.15, 0.2) is 24.4 Å². The molecule has 2 unspecified atom stereocenters. The molecule has 3 heterocycles. The molecule has 5 nitrogen and oxygen atoms in total. The zero-order valence-corrected chi connectivity index (χ0v) is 13.0. The monoisotopic (exact) mass is 341 g/mol. The fourth-order valence-corrected chi connectivity index (χ4v) is 3.53. The zero-order valence-electron chi connectivity index (χ0n) is 13.0. The molecule has 8 heteroatoms. The molecule has 130 valence electrons. The highest BCUT2D eigenvalue weighted by molar-refractivity contribution is 5.90.